The van der Waals surface area contributed by atoms with Crippen LogP contribution >= 0.6 is 12.6 Å². The van der Waals surface area contributed by atoms with Crippen molar-refractivity contribution in [3.8, 4) is 0 Å². The molecular formula is C20H48N8O11S. The first-order valence-corrected chi connectivity index (χ1v) is 12.3. The maximum absolute atomic E-state index is 10.0. The largest absolute Gasteiger partial charge is 0.480 e. The number of carbonyl (C=O) groups is 5. The van der Waals surface area contributed by atoms with E-state index in [9.17, 15) is 24.0 Å². The van der Waals surface area contributed by atoms with Crippen LogP contribution in [-0.2, 0) is 24.0 Å². The zero-order valence-corrected chi connectivity index (χ0v) is 23.1. The monoisotopic (exact) mass is 608 g/mol. The molecule has 240 valence electrons. The number of rotatable bonds is 15. The van der Waals surface area contributed by atoms with Crippen molar-refractivity contribution in [3.05, 3.63) is 0 Å². The third-order valence-electron chi connectivity index (χ3n) is 3.92. The number of hydrogen-bond donors (Lipinski definition) is 15. The average Bonchev–Trinajstić information content (AvgIpc) is 2.88. The van der Waals surface area contributed by atoms with E-state index >= 15 is 0 Å². The highest BCUT2D eigenvalue weighted by molar-refractivity contribution is 7.80. The number of carboxylic acids is 5. The van der Waals surface area contributed by atoms with Crippen molar-refractivity contribution in [1.29, 1.82) is 0 Å². The third kappa shape index (κ3) is 39.8. The Morgan fingerprint density at radius 1 is 0.525 bits per heavy atom. The Bertz CT molecular complexity index is 628. The quantitative estimate of drug-likeness (QED) is 0.0771. The van der Waals surface area contributed by atoms with E-state index in [0.29, 0.717) is 44.5 Å². The van der Waals surface area contributed by atoms with Gasteiger partial charge in [0.25, 0.3) is 0 Å². The van der Waals surface area contributed by atoms with Gasteiger partial charge >= 0.3 is 29.8 Å². The lowest BCUT2D eigenvalue weighted by molar-refractivity contribution is -0.139. The summed E-state index contributed by atoms with van der Waals surface area (Å²) in [5, 5.41) is 48.7. The van der Waals surface area contributed by atoms with E-state index in [1.807, 2.05) is 0 Å². The first-order chi connectivity index (χ1) is 18.4. The second-order valence-corrected chi connectivity index (χ2v) is 7.94. The van der Waals surface area contributed by atoms with E-state index in [0.717, 1.165) is 0 Å². The molecular weight excluding hydrogens is 560 g/mol. The summed E-state index contributed by atoms with van der Waals surface area (Å²) in [4.78, 5) is 49.5. The molecule has 0 rings (SSSR count). The molecule has 0 aliphatic rings. The highest BCUT2D eigenvalue weighted by atomic mass is 32.1. The predicted molar refractivity (Wildman–Crippen MR) is 149 cm³/mol. The van der Waals surface area contributed by atoms with E-state index in [1.54, 1.807) is 0 Å². The molecule has 22 N–H and O–H groups in total. The lowest BCUT2D eigenvalue weighted by Crippen LogP contribution is -2.37. The van der Waals surface area contributed by atoms with Gasteiger partial charge in [0.05, 0.1) is 0 Å². The molecule has 0 aliphatic heterocycles. The van der Waals surface area contributed by atoms with Crippen molar-refractivity contribution in [3.63, 3.8) is 0 Å². The van der Waals surface area contributed by atoms with Gasteiger partial charge in [-0.25, -0.2) is 0 Å². The SMILES string of the molecule is NC(CCO)C(=O)O.NC(CCS)C(=O)O.NCC(N)C(=O)O.NCCC(N)C(=O)O.NCCCC(N)C(=O)O. The molecule has 0 fully saturated rings. The molecule has 0 aromatic carbocycles. The van der Waals surface area contributed by atoms with Gasteiger partial charge in [-0.15, -0.1) is 0 Å². The van der Waals surface area contributed by atoms with Crippen molar-refractivity contribution in [2.75, 3.05) is 32.0 Å². The molecule has 0 heterocycles. The van der Waals surface area contributed by atoms with Gasteiger partial charge in [-0.2, -0.15) is 12.6 Å². The summed E-state index contributed by atoms with van der Waals surface area (Å²) in [7, 11) is 0. The summed E-state index contributed by atoms with van der Waals surface area (Å²) in [6.07, 6.45) is 2.03. The second kappa shape index (κ2) is 32.6. The second-order valence-electron chi connectivity index (χ2n) is 7.49. The summed E-state index contributed by atoms with van der Waals surface area (Å²) < 4.78 is 0. The maximum atomic E-state index is 10.0. The fraction of sp³-hybridized carbons (Fsp3) is 0.750. The lowest BCUT2D eigenvalue weighted by atomic mass is 10.2. The number of thiol groups is 1. The van der Waals surface area contributed by atoms with Crippen LogP contribution in [0.3, 0.4) is 0 Å². The molecule has 0 aromatic rings. The molecule has 0 radical (unpaired) electrons. The molecule has 0 spiro atoms. The van der Waals surface area contributed by atoms with Crippen LogP contribution in [0.2, 0.25) is 0 Å². The summed E-state index contributed by atoms with van der Waals surface area (Å²) in [5.74, 6) is -4.51. The van der Waals surface area contributed by atoms with E-state index in [-0.39, 0.29) is 19.6 Å². The molecule has 5 atom stereocenters. The van der Waals surface area contributed by atoms with Gasteiger partial charge in [-0.1, -0.05) is 0 Å². The Morgan fingerprint density at radius 2 is 0.850 bits per heavy atom. The number of hydrogen-bond acceptors (Lipinski definition) is 15. The Labute approximate surface area is 237 Å². The molecule has 0 aliphatic carbocycles. The number of aliphatic carboxylic acids is 5. The van der Waals surface area contributed by atoms with E-state index in [1.165, 1.54) is 0 Å². The number of aliphatic hydroxyl groups excluding tert-OH is 1. The van der Waals surface area contributed by atoms with E-state index in [4.69, 9.17) is 76.5 Å². The van der Waals surface area contributed by atoms with Crippen LogP contribution < -0.4 is 45.9 Å². The van der Waals surface area contributed by atoms with Crippen LogP contribution in [0.15, 0.2) is 0 Å². The first-order valence-electron chi connectivity index (χ1n) is 11.6. The molecule has 0 saturated heterocycles. The van der Waals surface area contributed by atoms with Crippen molar-refractivity contribution in [1.82, 2.24) is 0 Å². The molecule has 40 heavy (non-hydrogen) atoms. The minimum Gasteiger partial charge on any atom is -0.480 e. The van der Waals surface area contributed by atoms with E-state index in [2.05, 4.69) is 12.6 Å². The minimum atomic E-state index is -1.07. The van der Waals surface area contributed by atoms with Gasteiger partial charge in [0.15, 0.2) is 0 Å². The third-order valence-corrected chi connectivity index (χ3v) is 4.18. The Hall–Kier alpha value is -2.66. The van der Waals surface area contributed by atoms with Crippen molar-refractivity contribution in [2.45, 2.75) is 62.3 Å². The van der Waals surface area contributed by atoms with Crippen LogP contribution in [0, 0.1) is 0 Å². The normalized spacial score (nSPS) is 13.2. The Balaban J connectivity index is -0.000000128. The molecule has 20 heteroatoms. The van der Waals surface area contributed by atoms with Gasteiger partial charge in [0.1, 0.15) is 30.2 Å². The van der Waals surface area contributed by atoms with Gasteiger partial charge in [0.2, 0.25) is 0 Å². The summed E-state index contributed by atoms with van der Waals surface area (Å²) in [6.45, 7) is 0.650. The lowest BCUT2D eigenvalue weighted by Gasteiger charge is -2.02. The predicted octanol–water partition coefficient (Wildman–Crippen LogP) is -5.26. The van der Waals surface area contributed by atoms with Gasteiger partial charge in [-0.05, 0) is 50.9 Å². The molecule has 0 amide bonds. The number of nitrogens with two attached hydrogens (primary N) is 8. The molecule has 19 nitrogen and oxygen atoms in total. The van der Waals surface area contributed by atoms with Crippen molar-refractivity contribution < 1.29 is 54.6 Å². The zero-order chi connectivity index (χ0) is 32.8. The fourth-order valence-electron chi connectivity index (χ4n) is 1.39. The molecule has 0 bridgehead atoms. The minimum absolute atomic E-state index is 0.00463. The van der Waals surface area contributed by atoms with Crippen LogP contribution in [0.25, 0.3) is 0 Å². The molecule has 5 unspecified atom stereocenters. The van der Waals surface area contributed by atoms with Gasteiger partial charge < -0.3 is 76.5 Å². The first kappa shape index (κ1) is 47.1. The smallest absolute Gasteiger partial charge is 0.321 e. The van der Waals surface area contributed by atoms with Crippen LogP contribution in [-0.4, -0.2) is 123 Å². The van der Waals surface area contributed by atoms with Crippen molar-refractivity contribution >= 4 is 42.5 Å². The standard InChI is InChI=1S/C5H12N2O2.C4H10N2O2.C4H9NO3.C4H9NO2S.C3H8N2O2/c6-3-1-2-4(7)5(8)9;5-2-1-3(6)4(7)8;5-3(1-2-6)4(7)8;5-3(1-2-8)4(6)7;4-1-2(5)3(6)7/h4H,1-3,6-7H2,(H,8,9);3H,1-2,5-6H2,(H,7,8);3,6H,1-2,5H2,(H,7,8);3,8H,1-2,5H2,(H,6,7);2H,1,4-5H2,(H,6,7). The maximum Gasteiger partial charge on any atom is 0.321 e. The zero-order valence-electron chi connectivity index (χ0n) is 22.2. The summed E-state index contributed by atoms with van der Waals surface area (Å²) >= 11 is 3.81. The van der Waals surface area contributed by atoms with Gasteiger partial charge in [-0.3, -0.25) is 24.0 Å². The topological polar surface area (TPSA) is 415 Å². The van der Waals surface area contributed by atoms with Gasteiger partial charge in [0, 0.05) is 13.2 Å². The Morgan fingerprint density at radius 3 is 1.00 bits per heavy atom. The van der Waals surface area contributed by atoms with Crippen LogP contribution in [0.1, 0.15) is 32.1 Å². The van der Waals surface area contributed by atoms with Crippen LogP contribution in [0.5, 0.6) is 0 Å². The fourth-order valence-corrected chi connectivity index (χ4v) is 1.67. The van der Waals surface area contributed by atoms with Crippen molar-refractivity contribution in [2.24, 2.45) is 45.9 Å². The highest BCUT2D eigenvalue weighted by Gasteiger charge is 2.10. The molecule has 0 saturated carbocycles. The summed E-state index contributed by atoms with van der Waals surface area (Å²) in [5.41, 5.74) is 40.2. The highest BCUT2D eigenvalue weighted by Crippen LogP contribution is 1.91. The molecule has 0 aromatic heterocycles. The summed E-state index contributed by atoms with van der Waals surface area (Å²) in [6, 6.07) is -4.10. The number of carboxylic acid groups (broad SMARTS) is 5. The number of aliphatic hydroxyl groups is 1. The Kier molecular flexibility index (Phi) is 38.4. The van der Waals surface area contributed by atoms with Crippen LogP contribution in [0.4, 0.5) is 0 Å². The van der Waals surface area contributed by atoms with E-state index < -0.39 is 60.1 Å². The average molecular weight is 609 g/mol.